The van der Waals surface area contributed by atoms with Gasteiger partial charge in [-0.25, -0.2) is 18.1 Å². The second kappa shape index (κ2) is 10.2. The minimum atomic E-state index is -1.33. The van der Waals surface area contributed by atoms with Crippen molar-refractivity contribution in [3.8, 4) is 0 Å². The van der Waals surface area contributed by atoms with Crippen LogP contribution in [-0.2, 0) is 6.54 Å². The van der Waals surface area contributed by atoms with Crippen LogP contribution in [0.1, 0.15) is 45.2 Å². The minimum Gasteiger partial charge on any atom is -0.477 e. The molecular formula is C30H27F2N4O4+. The number of benzene rings is 2. The van der Waals surface area contributed by atoms with Crippen molar-refractivity contribution in [1.29, 1.82) is 0 Å². The van der Waals surface area contributed by atoms with Crippen molar-refractivity contribution in [2.24, 2.45) is 0 Å². The lowest BCUT2D eigenvalue weighted by atomic mass is 10.1. The van der Waals surface area contributed by atoms with Crippen molar-refractivity contribution < 1.29 is 28.0 Å². The highest BCUT2D eigenvalue weighted by Gasteiger charge is 2.29. The number of hydrogen-bond donors (Lipinski definition) is 1. The zero-order chi connectivity index (χ0) is 28.0. The van der Waals surface area contributed by atoms with E-state index in [-0.39, 0.29) is 28.7 Å². The summed E-state index contributed by atoms with van der Waals surface area (Å²) in [5.74, 6) is -2.32. The fourth-order valence-electron chi connectivity index (χ4n) is 5.25. The summed E-state index contributed by atoms with van der Waals surface area (Å²) in [4.78, 5) is 41.1. The summed E-state index contributed by atoms with van der Waals surface area (Å²) < 4.78 is 32.1. The second-order valence-corrected chi connectivity index (χ2v) is 10.3. The zero-order valence-electron chi connectivity index (χ0n) is 21.6. The smallest absolute Gasteiger partial charge is 0.341 e. The molecule has 8 nitrogen and oxygen atoms in total. The van der Waals surface area contributed by atoms with Crippen LogP contribution in [0.15, 0.2) is 71.9 Å². The Balaban J connectivity index is 1.17. The summed E-state index contributed by atoms with van der Waals surface area (Å²) >= 11 is 0. The van der Waals surface area contributed by atoms with Crippen molar-refractivity contribution in [1.82, 2.24) is 9.47 Å². The van der Waals surface area contributed by atoms with E-state index >= 15 is 4.39 Å². The number of aromatic carboxylic acids is 1. The van der Waals surface area contributed by atoms with E-state index in [0.29, 0.717) is 49.5 Å². The standard InChI is InChI=1S/C30H26F2N4O4/c31-21-3-1-19(2-4-21)17-33-9-7-20(8-10-33)29(38)35-13-11-34(12-14-35)27-16-26-23(15-25(27)32)28(37)24(30(39)40)18-36(26)22-5-6-22/h1-4,7-10,15-16,18,22H,5-6,11-14,17H2/p+1. The molecule has 3 heterocycles. The number of rotatable bonds is 6. The number of carboxylic acid groups (broad SMARTS) is 1. The number of carboxylic acids is 1. The molecule has 1 aliphatic carbocycles. The molecule has 2 aromatic carbocycles. The molecule has 6 rings (SSSR count). The fourth-order valence-corrected chi connectivity index (χ4v) is 5.25. The maximum absolute atomic E-state index is 15.3. The zero-order valence-corrected chi connectivity index (χ0v) is 21.6. The number of halogens is 2. The summed E-state index contributed by atoms with van der Waals surface area (Å²) in [6, 6.07) is 12.6. The van der Waals surface area contributed by atoms with Gasteiger partial charge in [-0.15, -0.1) is 0 Å². The third-order valence-corrected chi connectivity index (χ3v) is 7.60. The quantitative estimate of drug-likeness (QED) is 0.374. The lowest BCUT2D eigenvalue weighted by Crippen LogP contribution is -2.49. The van der Waals surface area contributed by atoms with Crippen LogP contribution in [0, 0.1) is 11.6 Å². The molecule has 1 saturated carbocycles. The highest BCUT2D eigenvalue weighted by atomic mass is 19.1. The van der Waals surface area contributed by atoms with Crippen LogP contribution in [0.3, 0.4) is 0 Å². The largest absolute Gasteiger partial charge is 0.477 e. The molecule has 2 aliphatic rings. The van der Waals surface area contributed by atoms with Crippen molar-refractivity contribution in [2.45, 2.75) is 25.4 Å². The molecule has 204 valence electrons. The molecular weight excluding hydrogens is 518 g/mol. The van der Waals surface area contributed by atoms with Gasteiger partial charge in [0.15, 0.2) is 18.9 Å². The van der Waals surface area contributed by atoms with Gasteiger partial charge in [-0.3, -0.25) is 9.59 Å². The fraction of sp³-hybridized carbons (Fsp3) is 0.267. The monoisotopic (exact) mass is 545 g/mol. The Morgan fingerprint density at radius 1 is 0.950 bits per heavy atom. The van der Waals surface area contributed by atoms with Crippen LogP contribution < -0.4 is 14.9 Å². The van der Waals surface area contributed by atoms with E-state index in [4.69, 9.17) is 0 Å². The summed E-state index contributed by atoms with van der Waals surface area (Å²) in [5, 5.41) is 9.51. The van der Waals surface area contributed by atoms with Gasteiger partial charge in [-0.1, -0.05) is 0 Å². The van der Waals surface area contributed by atoms with Gasteiger partial charge in [0.2, 0.25) is 5.43 Å². The minimum absolute atomic E-state index is 0.0580. The van der Waals surface area contributed by atoms with Crippen molar-refractivity contribution in [2.75, 3.05) is 31.1 Å². The Morgan fingerprint density at radius 2 is 1.62 bits per heavy atom. The van der Waals surface area contributed by atoms with Crippen molar-refractivity contribution >= 4 is 28.5 Å². The second-order valence-electron chi connectivity index (χ2n) is 10.3. The van der Waals surface area contributed by atoms with Crippen molar-refractivity contribution in [3.63, 3.8) is 0 Å². The van der Waals surface area contributed by atoms with Crippen LogP contribution in [0.2, 0.25) is 0 Å². The van der Waals surface area contributed by atoms with Gasteiger partial charge in [-0.05, 0) is 49.2 Å². The molecule has 10 heteroatoms. The Morgan fingerprint density at radius 3 is 2.25 bits per heavy atom. The maximum atomic E-state index is 15.3. The summed E-state index contributed by atoms with van der Waals surface area (Å²) in [7, 11) is 0. The van der Waals surface area contributed by atoms with Crippen LogP contribution in [-0.4, -0.2) is 52.6 Å². The number of nitrogens with zero attached hydrogens (tertiary/aromatic N) is 4. The normalized spacial score (nSPS) is 15.4. The first kappa shape index (κ1) is 25.7. The molecule has 1 N–H and O–H groups in total. The van der Waals surface area contributed by atoms with Crippen LogP contribution in [0.25, 0.3) is 10.9 Å². The third-order valence-electron chi connectivity index (χ3n) is 7.60. The first-order valence-electron chi connectivity index (χ1n) is 13.2. The first-order chi connectivity index (χ1) is 19.3. The van der Waals surface area contributed by atoms with Crippen LogP contribution >= 0.6 is 0 Å². The molecule has 0 spiro atoms. The van der Waals surface area contributed by atoms with Crippen LogP contribution in [0.4, 0.5) is 14.5 Å². The predicted molar refractivity (Wildman–Crippen MR) is 144 cm³/mol. The number of anilines is 1. The van der Waals surface area contributed by atoms with Gasteiger partial charge < -0.3 is 19.5 Å². The van der Waals surface area contributed by atoms with Gasteiger partial charge >= 0.3 is 5.97 Å². The number of aromatic nitrogens is 2. The van der Waals surface area contributed by atoms with Gasteiger partial charge in [0.1, 0.15) is 17.2 Å². The van der Waals surface area contributed by atoms with Crippen molar-refractivity contribution in [3.05, 3.63) is 106 Å². The first-order valence-corrected chi connectivity index (χ1v) is 13.2. The Labute approximate surface area is 228 Å². The number of hydrogen-bond acceptors (Lipinski definition) is 4. The molecule has 1 amide bonds. The highest BCUT2D eigenvalue weighted by Crippen LogP contribution is 2.38. The molecule has 0 radical (unpaired) electrons. The summed E-state index contributed by atoms with van der Waals surface area (Å²) in [6.07, 6.45) is 6.73. The molecule has 0 atom stereocenters. The van der Waals surface area contributed by atoms with E-state index in [2.05, 4.69) is 0 Å². The van der Waals surface area contributed by atoms with Gasteiger partial charge in [0.25, 0.3) is 5.91 Å². The lowest BCUT2D eigenvalue weighted by Gasteiger charge is -2.36. The number of carbonyl (C=O) groups is 2. The number of amides is 1. The van der Waals surface area contributed by atoms with Gasteiger partial charge in [-0.2, -0.15) is 0 Å². The van der Waals surface area contributed by atoms with E-state index in [9.17, 15) is 23.9 Å². The van der Waals surface area contributed by atoms with E-state index in [0.717, 1.165) is 24.5 Å². The molecule has 1 saturated heterocycles. The number of carbonyl (C=O) groups excluding carboxylic acids is 1. The molecule has 4 aromatic rings. The number of piperazine rings is 1. The summed E-state index contributed by atoms with van der Waals surface area (Å²) in [5.41, 5.74) is 1.29. The van der Waals surface area contributed by atoms with E-state index in [1.165, 1.54) is 18.3 Å². The van der Waals surface area contributed by atoms with E-state index < -0.39 is 17.2 Å². The Hall–Kier alpha value is -4.60. The lowest BCUT2D eigenvalue weighted by molar-refractivity contribution is -0.688. The topological polar surface area (TPSA) is 86.7 Å². The van der Waals surface area contributed by atoms with Crippen LogP contribution in [0.5, 0.6) is 0 Å². The average molecular weight is 546 g/mol. The Kier molecular flexibility index (Phi) is 6.53. The maximum Gasteiger partial charge on any atom is 0.341 e. The SMILES string of the molecule is O=C(O)c1cn(C2CC2)c2cc(N3CCN(C(=O)c4cc[n+](Cc5ccc(F)cc5)cc4)CC3)c(F)cc2c1=O. The molecule has 2 fully saturated rings. The number of pyridine rings is 2. The average Bonchev–Trinajstić information content (AvgIpc) is 3.80. The molecule has 40 heavy (non-hydrogen) atoms. The van der Waals surface area contributed by atoms with E-state index in [1.807, 2.05) is 21.9 Å². The number of fused-ring (bicyclic) bond motifs is 1. The van der Waals surface area contributed by atoms with Gasteiger partial charge in [0.05, 0.1) is 16.8 Å². The molecule has 2 aromatic heterocycles. The van der Waals surface area contributed by atoms with E-state index in [1.54, 1.807) is 39.8 Å². The highest BCUT2D eigenvalue weighted by molar-refractivity contribution is 5.95. The predicted octanol–water partition coefficient (Wildman–Crippen LogP) is 3.61. The molecule has 0 bridgehead atoms. The van der Waals surface area contributed by atoms with Gasteiger partial charge in [0, 0.05) is 61.5 Å². The third kappa shape index (κ3) is 4.92. The Bertz CT molecular complexity index is 1670. The molecule has 1 aliphatic heterocycles. The molecule has 0 unspecified atom stereocenters. The summed E-state index contributed by atoms with van der Waals surface area (Å²) in [6.45, 7) is 2.16.